The topological polar surface area (TPSA) is 77.8 Å². The fourth-order valence-corrected chi connectivity index (χ4v) is 4.55. The molecule has 0 bridgehead atoms. The fourth-order valence-electron chi connectivity index (χ4n) is 4.55. The first kappa shape index (κ1) is 23.9. The Hall–Kier alpha value is -1.75. The summed E-state index contributed by atoms with van der Waals surface area (Å²) in [6.07, 6.45) is 14.3. The number of aliphatic hydroxyl groups is 3. The van der Waals surface area contributed by atoms with E-state index < -0.39 is 18.3 Å². The van der Waals surface area contributed by atoms with Crippen LogP contribution >= 0.6 is 0 Å². The van der Waals surface area contributed by atoms with E-state index in [0.717, 1.165) is 25.7 Å². The Labute approximate surface area is 186 Å². The minimum atomic E-state index is -0.578. The molecular weight excluding hydrogens is 388 g/mol. The lowest BCUT2D eigenvalue weighted by Crippen LogP contribution is -2.20. The van der Waals surface area contributed by atoms with Crippen LogP contribution in [0.25, 0.3) is 0 Å². The Kier molecular flexibility index (Phi) is 9.51. The molecule has 3 N–H and O–H groups in total. The lowest BCUT2D eigenvalue weighted by atomic mass is 9.89. The van der Waals surface area contributed by atoms with E-state index >= 15 is 0 Å². The molecule has 0 heterocycles. The van der Waals surface area contributed by atoms with Crippen molar-refractivity contribution >= 4 is 5.78 Å². The highest BCUT2D eigenvalue weighted by molar-refractivity contribution is 5.78. The molecule has 2 fully saturated rings. The molecule has 0 aromatic heterocycles. The SMILES string of the molecule is O=C(CCC/C=C\C[C@@H]1[C@@H](/C=C/[C@@H](O)CCc2ccccc2)[C@H](O)C[C@@H]1O)CC1CC1. The van der Waals surface area contributed by atoms with Crippen molar-refractivity contribution in [1.29, 1.82) is 0 Å². The maximum Gasteiger partial charge on any atom is 0.133 e. The first-order valence-electron chi connectivity index (χ1n) is 12.0. The average Bonchev–Trinajstić information content (AvgIpc) is 3.52. The number of carbonyl (C=O) groups excluding carboxylic acids is 1. The maximum absolute atomic E-state index is 11.8. The number of unbranched alkanes of at least 4 members (excludes halogenated alkanes) is 1. The van der Waals surface area contributed by atoms with Gasteiger partial charge in [0.1, 0.15) is 5.78 Å². The van der Waals surface area contributed by atoms with Gasteiger partial charge in [0.25, 0.3) is 0 Å². The first-order chi connectivity index (χ1) is 15.0. The zero-order valence-corrected chi connectivity index (χ0v) is 18.5. The molecule has 1 aromatic rings. The Morgan fingerprint density at radius 2 is 1.87 bits per heavy atom. The van der Waals surface area contributed by atoms with Crippen molar-refractivity contribution < 1.29 is 20.1 Å². The molecule has 4 heteroatoms. The second kappa shape index (κ2) is 12.3. The van der Waals surface area contributed by atoms with E-state index in [2.05, 4.69) is 24.3 Å². The van der Waals surface area contributed by atoms with E-state index in [1.165, 1.54) is 18.4 Å². The summed E-state index contributed by atoms with van der Waals surface area (Å²) in [6, 6.07) is 10.1. The normalized spacial score (nSPS) is 27.3. The number of hydrogen-bond donors (Lipinski definition) is 3. The first-order valence-corrected chi connectivity index (χ1v) is 12.0. The van der Waals surface area contributed by atoms with E-state index in [1.807, 2.05) is 24.3 Å². The van der Waals surface area contributed by atoms with Crippen LogP contribution in [0.4, 0.5) is 0 Å². The number of rotatable bonds is 13. The number of Topliss-reactive ketones (excluding diaryl/α,β-unsaturated/α-hetero) is 1. The van der Waals surface area contributed by atoms with Gasteiger partial charge in [-0.2, -0.15) is 0 Å². The third-order valence-corrected chi connectivity index (χ3v) is 6.66. The zero-order valence-electron chi connectivity index (χ0n) is 18.5. The van der Waals surface area contributed by atoms with Crippen LogP contribution in [-0.2, 0) is 11.2 Å². The molecule has 0 aliphatic heterocycles. The quantitative estimate of drug-likeness (QED) is 0.323. The molecule has 1 aromatic carbocycles. The van der Waals surface area contributed by atoms with Gasteiger partial charge in [-0.1, -0.05) is 54.6 Å². The minimum Gasteiger partial charge on any atom is -0.393 e. The Morgan fingerprint density at radius 3 is 2.61 bits per heavy atom. The van der Waals surface area contributed by atoms with Gasteiger partial charge in [-0.3, -0.25) is 4.79 Å². The summed E-state index contributed by atoms with van der Waals surface area (Å²) in [4.78, 5) is 11.8. The summed E-state index contributed by atoms with van der Waals surface area (Å²) in [6.45, 7) is 0. The summed E-state index contributed by atoms with van der Waals surface area (Å²) >= 11 is 0. The molecule has 2 aliphatic carbocycles. The number of allylic oxidation sites excluding steroid dienone is 2. The van der Waals surface area contributed by atoms with Crippen LogP contribution in [0.1, 0.15) is 63.4 Å². The Balaban J connectivity index is 1.39. The third kappa shape index (κ3) is 8.36. The molecule has 31 heavy (non-hydrogen) atoms. The summed E-state index contributed by atoms with van der Waals surface area (Å²) in [7, 11) is 0. The summed E-state index contributed by atoms with van der Waals surface area (Å²) in [5.41, 5.74) is 1.20. The predicted molar refractivity (Wildman–Crippen MR) is 123 cm³/mol. The van der Waals surface area contributed by atoms with Crippen molar-refractivity contribution in [1.82, 2.24) is 0 Å². The van der Waals surface area contributed by atoms with Crippen molar-refractivity contribution in [2.75, 3.05) is 0 Å². The van der Waals surface area contributed by atoms with Crippen LogP contribution in [-0.4, -0.2) is 39.4 Å². The third-order valence-electron chi connectivity index (χ3n) is 6.66. The maximum atomic E-state index is 11.8. The number of hydrogen-bond acceptors (Lipinski definition) is 4. The molecule has 2 saturated carbocycles. The lowest BCUT2D eigenvalue weighted by molar-refractivity contribution is -0.119. The summed E-state index contributed by atoms with van der Waals surface area (Å²) in [5, 5.41) is 31.1. The predicted octanol–water partition coefficient (Wildman–Crippen LogP) is 4.38. The highest BCUT2D eigenvalue weighted by atomic mass is 16.3. The van der Waals surface area contributed by atoms with Crippen LogP contribution in [0, 0.1) is 17.8 Å². The van der Waals surface area contributed by atoms with Crippen LogP contribution in [0.15, 0.2) is 54.6 Å². The van der Waals surface area contributed by atoms with E-state index in [0.29, 0.717) is 37.4 Å². The van der Waals surface area contributed by atoms with Crippen molar-refractivity contribution in [2.45, 2.75) is 82.5 Å². The second-order valence-corrected chi connectivity index (χ2v) is 9.37. The largest absolute Gasteiger partial charge is 0.393 e. The van der Waals surface area contributed by atoms with E-state index in [9.17, 15) is 20.1 Å². The number of ketones is 1. The number of aryl methyl sites for hydroxylation is 1. The zero-order chi connectivity index (χ0) is 22.1. The molecule has 0 amide bonds. The molecule has 4 nitrogen and oxygen atoms in total. The van der Waals surface area contributed by atoms with Gasteiger partial charge in [-0.05, 0) is 62.3 Å². The van der Waals surface area contributed by atoms with Gasteiger partial charge >= 0.3 is 0 Å². The fraction of sp³-hybridized carbons (Fsp3) is 0.593. The van der Waals surface area contributed by atoms with Gasteiger partial charge in [0.2, 0.25) is 0 Å². The van der Waals surface area contributed by atoms with E-state index in [1.54, 1.807) is 6.08 Å². The number of benzene rings is 1. The van der Waals surface area contributed by atoms with Gasteiger partial charge in [-0.15, -0.1) is 0 Å². The van der Waals surface area contributed by atoms with Gasteiger partial charge in [0.05, 0.1) is 18.3 Å². The summed E-state index contributed by atoms with van der Waals surface area (Å²) in [5.74, 6) is 0.868. The van der Waals surface area contributed by atoms with Crippen molar-refractivity contribution in [2.24, 2.45) is 17.8 Å². The molecule has 2 aliphatic rings. The molecule has 0 radical (unpaired) electrons. The Bertz CT molecular complexity index is 722. The van der Waals surface area contributed by atoms with Gasteiger partial charge in [0.15, 0.2) is 0 Å². The molecule has 0 unspecified atom stereocenters. The van der Waals surface area contributed by atoms with E-state index in [4.69, 9.17) is 0 Å². The van der Waals surface area contributed by atoms with Crippen LogP contribution in [0.5, 0.6) is 0 Å². The molecular formula is C27H38O4. The molecule has 0 saturated heterocycles. The lowest BCUT2D eigenvalue weighted by Gasteiger charge is -2.19. The van der Waals surface area contributed by atoms with Crippen LogP contribution < -0.4 is 0 Å². The number of aliphatic hydroxyl groups excluding tert-OH is 3. The monoisotopic (exact) mass is 426 g/mol. The smallest absolute Gasteiger partial charge is 0.133 e. The summed E-state index contributed by atoms with van der Waals surface area (Å²) < 4.78 is 0. The second-order valence-electron chi connectivity index (χ2n) is 9.37. The molecule has 170 valence electrons. The number of carbonyl (C=O) groups is 1. The standard InChI is InChI=1S/C27H38O4/c28-22(15-14-20-8-4-3-5-9-20)16-17-25-24(26(30)19-27(25)31)11-7-2-1-6-10-23(29)18-21-12-13-21/h2-5,7-9,16-17,21-22,24-28,30-31H,1,6,10-15,18-19H2/b7-2-,17-16+/t22-,24+,25+,26-,27+/m0/s1. The highest BCUT2D eigenvalue weighted by Crippen LogP contribution is 2.36. The minimum absolute atomic E-state index is 0.0414. The highest BCUT2D eigenvalue weighted by Gasteiger charge is 2.39. The molecule has 3 rings (SSSR count). The molecule has 5 atom stereocenters. The molecule has 0 spiro atoms. The van der Waals surface area contributed by atoms with Crippen LogP contribution in [0.2, 0.25) is 0 Å². The Morgan fingerprint density at radius 1 is 1.10 bits per heavy atom. The average molecular weight is 427 g/mol. The van der Waals surface area contributed by atoms with Crippen molar-refractivity contribution in [3.8, 4) is 0 Å². The van der Waals surface area contributed by atoms with Gasteiger partial charge in [0, 0.05) is 25.2 Å². The van der Waals surface area contributed by atoms with E-state index in [-0.39, 0.29) is 11.8 Å². The van der Waals surface area contributed by atoms with Crippen LogP contribution in [0.3, 0.4) is 0 Å². The van der Waals surface area contributed by atoms with Crippen molar-refractivity contribution in [3.63, 3.8) is 0 Å². The van der Waals surface area contributed by atoms with Crippen molar-refractivity contribution in [3.05, 3.63) is 60.2 Å². The van der Waals surface area contributed by atoms with Gasteiger partial charge in [-0.25, -0.2) is 0 Å². The van der Waals surface area contributed by atoms with Gasteiger partial charge < -0.3 is 15.3 Å².